The molecule has 0 radical (unpaired) electrons. The smallest absolute Gasteiger partial charge is 0.253 e. The number of benzene rings is 4. The van der Waals surface area contributed by atoms with Crippen LogP contribution >= 0.6 is 11.6 Å². The van der Waals surface area contributed by atoms with Gasteiger partial charge in [-0.1, -0.05) is 72.8 Å². The van der Waals surface area contributed by atoms with E-state index in [9.17, 15) is 9.59 Å². The van der Waals surface area contributed by atoms with E-state index >= 15 is 0 Å². The summed E-state index contributed by atoms with van der Waals surface area (Å²) in [4.78, 5) is 22.8. The van der Waals surface area contributed by atoms with Gasteiger partial charge in [0.15, 0.2) is 0 Å². The molecule has 4 aromatic carbocycles. The van der Waals surface area contributed by atoms with Crippen LogP contribution in [0.5, 0.6) is 0 Å². The van der Waals surface area contributed by atoms with E-state index < -0.39 is 18.1 Å². The fraction of sp³-hybridized carbons (Fsp3) is 0.0435. The molecule has 0 unspecified atom stereocenters. The van der Waals surface area contributed by atoms with Gasteiger partial charge in [0.2, 0.25) is 0 Å². The van der Waals surface area contributed by atoms with Crippen LogP contribution < -0.4 is 5.32 Å². The third-order valence-electron chi connectivity index (χ3n) is 4.15. The summed E-state index contributed by atoms with van der Waals surface area (Å²) in [7, 11) is 0. The molecule has 0 saturated heterocycles. The molecule has 134 valence electrons. The highest BCUT2D eigenvalue weighted by molar-refractivity contribution is 6.68. The van der Waals surface area contributed by atoms with E-state index in [0.29, 0.717) is 11.1 Å². The minimum atomic E-state index is -2.46. The minimum Gasteiger partial charge on any atom is -0.355 e. The molecule has 0 bridgehead atoms. The molecular formula is C23H18ClNO2. The van der Waals surface area contributed by atoms with Gasteiger partial charge >= 0.3 is 0 Å². The first-order valence-electron chi connectivity index (χ1n) is 9.74. The molecule has 0 spiro atoms. The topological polar surface area (TPSA) is 46.2 Å². The number of carbonyl (C=O) groups excluding carboxylic acids is 2. The Labute approximate surface area is 166 Å². The first-order valence-corrected chi connectivity index (χ1v) is 8.62. The first-order chi connectivity index (χ1) is 14.3. The number of hydrogen-bond donors (Lipinski definition) is 1. The zero-order valence-electron chi connectivity index (χ0n) is 17.3. The molecule has 0 aromatic heterocycles. The van der Waals surface area contributed by atoms with Gasteiger partial charge in [-0.15, -0.1) is 0 Å². The van der Waals surface area contributed by atoms with Gasteiger partial charge in [-0.25, -0.2) is 0 Å². The summed E-state index contributed by atoms with van der Waals surface area (Å²) in [5, 5.41) is 5.18. The van der Waals surface area contributed by atoms with E-state index in [1.165, 1.54) is 0 Å². The van der Waals surface area contributed by atoms with Gasteiger partial charge in [0.05, 0.1) is 0 Å². The summed E-state index contributed by atoms with van der Waals surface area (Å²) in [5.41, 5.74) is 0.944. The number of carbonyl (C=O) groups is 2. The molecule has 3 nitrogen and oxygen atoms in total. The largest absolute Gasteiger partial charge is 0.355 e. The van der Waals surface area contributed by atoms with Gasteiger partial charge in [0, 0.05) is 22.2 Å². The first kappa shape index (κ1) is 14.9. The van der Waals surface area contributed by atoms with Crippen LogP contribution in [0.3, 0.4) is 0 Å². The van der Waals surface area contributed by atoms with E-state index in [-0.39, 0.29) is 0 Å². The normalized spacial score (nSPS) is 12.3. The molecular weight excluding hydrogens is 358 g/mol. The van der Waals surface area contributed by atoms with Crippen LogP contribution in [-0.4, -0.2) is 18.1 Å². The van der Waals surface area contributed by atoms with Gasteiger partial charge in [-0.05, 0) is 45.3 Å². The van der Waals surface area contributed by atoms with E-state index in [2.05, 4.69) is 0 Å². The maximum Gasteiger partial charge on any atom is 0.253 e. The molecule has 4 heteroatoms. The van der Waals surface area contributed by atoms with Crippen LogP contribution in [0.1, 0.15) is 24.8 Å². The van der Waals surface area contributed by atoms with Gasteiger partial charge < -0.3 is 5.32 Å². The number of nitrogens with one attached hydrogen (secondary N) is 1. The Morgan fingerprint density at radius 3 is 1.78 bits per heavy atom. The Balaban J connectivity index is 0.000000177. The van der Waals surface area contributed by atoms with Crippen molar-refractivity contribution in [1.82, 2.24) is 5.32 Å². The number of amides is 1. The van der Waals surface area contributed by atoms with Gasteiger partial charge in [-0.2, -0.15) is 0 Å². The van der Waals surface area contributed by atoms with E-state index in [4.69, 9.17) is 15.7 Å². The summed E-state index contributed by atoms with van der Waals surface area (Å²) in [6.07, 6.45) is 0. The summed E-state index contributed by atoms with van der Waals surface area (Å²) < 4.78 is 21.1. The lowest BCUT2D eigenvalue weighted by molar-refractivity contribution is 0.0964. The number of rotatable bonds is 2. The molecule has 1 N–H and O–H groups in total. The lowest BCUT2D eigenvalue weighted by atomic mass is 10.0. The zero-order valence-corrected chi connectivity index (χ0v) is 15.0. The zero-order chi connectivity index (χ0) is 21.7. The second kappa shape index (κ2) is 8.47. The van der Waals surface area contributed by atoms with Crippen molar-refractivity contribution in [2.45, 2.75) is 0 Å². The van der Waals surface area contributed by atoms with Crippen molar-refractivity contribution in [3.63, 3.8) is 0 Å². The Bertz CT molecular complexity index is 1210. The molecule has 1 amide bonds. The van der Waals surface area contributed by atoms with Crippen LogP contribution in [0.2, 0.25) is 0 Å². The average molecular weight is 379 g/mol. The molecule has 0 aliphatic rings. The molecule has 0 saturated carbocycles. The lowest BCUT2D eigenvalue weighted by Gasteiger charge is -2.04. The highest BCUT2D eigenvalue weighted by atomic mass is 35.5. The summed E-state index contributed by atoms with van der Waals surface area (Å²) in [6.45, 7) is -2.46. The monoisotopic (exact) mass is 378 g/mol. The van der Waals surface area contributed by atoms with Crippen LogP contribution in [0, 0.1) is 0 Å². The SMILES string of the molecule is O=C(Cl)c1cccc2ccccc12.[2H]C([2H])([2H])NC(=O)c1cccc2ccccc12. The minimum absolute atomic E-state index is 0.374. The molecule has 4 aromatic rings. The summed E-state index contributed by atoms with van der Waals surface area (Å²) >= 11 is 5.44. The Hall–Kier alpha value is -3.17. The fourth-order valence-corrected chi connectivity index (χ4v) is 3.05. The van der Waals surface area contributed by atoms with Gasteiger partial charge in [0.1, 0.15) is 0 Å². The van der Waals surface area contributed by atoms with Crippen molar-refractivity contribution in [3.8, 4) is 0 Å². The molecule has 27 heavy (non-hydrogen) atoms. The van der Waals surface area contributed by atoms with Crippen molar-refractivity contribution < 1.29 is 13.7 Å². The Morgan fingerprint density at radius 2 is 1.22 bits per heavy atom. The number of hydrogen-bond acceptors (Lipinski definition) is 2. The second-order valence-electron chi connectivity index (χ2n) is 5.78. The standard InChI is InChI=1S/C12H11NO.C11H7ClO/c1-13-12(14)11-8-4-6-9-5-2-3-7-10(9)11;12-11(13)10-7-3-5-8-4-1-2-6-9(8)10/h2-8H,1H3,(H,13,14);1-7H/i1D3;. The maximum atomic E-state index is 11.8. The van der Waals surface area contributed by atoms with Gasteiger partial charge in [0.25, 0.3) is 11.1 Å². The quantitative estimate of drug-likeness (QED) is 0.473. The Kier molecular flexibility index (Phi) is 4.69. The van der Waals surface area contributed by atoms with E-state index in [1.807, 2.05) is 66.0 Å². The number of fused-ring (bicyclic) bond motifs is 2. The fourth-order valence-electron chi connectivity index (χ4n) is 2.89. The maximum absolute atomic E-state index is 11.8. The lowest BCUT2D eigenvalue weighted by Crippen LogP contribution is -2.17. The average Bonchev–Trinajstić information content (AvgIpc) is 2.72. The second-order valence-corrected chi connectivity index (χ2v) is 6.12. The van der Waals surface area contributed by atoms with E-state index in [0.717, 1.165) is 21.5 Å². The summed E-state index contributed by atoms with van der Waals surface area (Å²) in [5.74, 6) is -0.582. The van der Waals surface area contributed by atoms with Crippen molar-refractivity contribution in [2.24, 2.45) is 0 Å². The van der Waals surface area contributed by atoms with Crippen LogP contribution in [0.25, 0.3) is 21.5 Å². The molecule has 0 aliphatic carbocycles. The highest BCUT2D eigenvalue weighted by Gasteiger charge is 2.06. The van der Waals surface area contributed by atoms with Crippen LogP contribution in [-0.2, 0) is 0 Å². The van der Waals surface area contributed by atoms with Crippen molar-refractivity contribution in [1.29, 1.82) is 0 Å². The predicted molar refractivity (Wildman–Crippen MR) is 111 cm³/mol. The Morgan fingerprint density at radius 1 is 0.741 bits per heavy atom. The molecule has 0 atom stereocenters. The van der Waals surface area contributed by atoms with E-state index in [1.54, 1.807) is 24.3 Å². The van der Waals surface area contributed by atoms with Crippen molar-refractivity contribution in [3.05, 3.63) is 96.1 Å². The van der Waals surface area contributed by atoms with Crippen molar-refractivity contribution >= 4 is 44.3 Å². The van der Waals surface area contributed by atoms with Crippen LogP contribution in [0.4, 0.5) is 0 Å². The molecule has 0 aliphatic heterocycles. The predicted octanol–water partition coefficient (Wildman–Crippen LogP) is 5.42. The molecule has 0 fully saturated rings. The highest BCUT2D eigenvalue weighted by Crippen LogP contribution is 2.20. The third kappa shape index (κ3) is 4.15. The molecule has 0 heterocycles. The van der Waals surface area contributed by atoms with Gasteiger partial charge in [-0.3, -0.25) is 9.59 Å². The third-order valence-corrected chi connectivity index (χ3v) is 4.35. The van der Waals surface area contributed by atoms with Crippen LogP contribution in [0.15, 0.2) is 84.9 Å². The molecule has 4 rings (SSSR count). The summed E-state index contributed by atoms with van der Waals surface area (Å²) in [6, 6.07) is 25.8. The van der Waals surface area contributed by atoms with Crippen molar-refractivity contribution in [2.75, 3.05) is 6.98 Å². The number of halogens is 1.